The normalized spacial score (nSPS) is 10.7. The van der Waals surface area contributed by atoms with Crippen molar-refractivity contribution in [3.63, 3.8) is 0 Å². The van der Waals surface area contributed by atoms with Crippen LogP contribution in [0.15, 0.2) is 66.7 Å². The second kappa shape index (κ2) is 10.1. The number of nitrogens with one attached hydrogen (secondary N) is 2. The first-order valence-electron chi connectivity index (χ1n) is 9.65. The summed E-state index contributed by atoms with van der Waals surface area (Å²) in [5, 5.41) is 7.17. The molecule has 0 radical (unpaired) electrons. The maximum absolute atomic E-state index is 13.8. The van der Waals surface area contributed by atoms with Crippen molar-refractivity contribution in [2.45, 2.75) is 0 Å². The topological polar surface area (TPSA) is 50.4 Å². The van der Waals surface area contributed by atoms with Crippen LogP contribution in [0.5, 0.6) is 11.5 Å². The SMILES string of the molecule is O=C(NC(=S)Nc1cc(Cl)c(Oc2ccc(Cl)c3ccccc23)c(Cl)c1)c1c(F)cccc1F. The second-order valence-electron chi connectivity index (χ2n) is 6.97. The summed E-state index contributed by atoms with van der Waals surface area (Å²) in [5.74, 6) is -2.37. The predicted octanol–water partition coefficient (Wildman–Crippen LogP) is 8.00. The Morgan fingerprint density at radius 3 is 2.09 bits per heavy atom. The number of anilines is 1. The molecule has 2 N–H and O–H groups in total. The van der Waals surface area contributed by atoms with Crippen LogP contribution in [0.2, 0.25) is 15.1 Å². The van der Waals surface area contributed by atoms with Gasteiger partial charge in [0.1, 0.15) is 22.9 Å². The molecule has 0 unspecified atom stereocenters. The van der Waals surface area contributed by atoms with Crippen molar-refractivity contribution in [2.24, 2.45) is 0 Å². The van der Waals surface area contributed by atoms with E-state index in [9.17, 15) is 13.6 Å². The van der Waals surface area contributed by atoms with Crippen LogP contribution in [0.3, 0.4) is 0 Å². The Labute approximate surface area is 213 Å². The average molecular weight is 538 g/mol. The number of amides is 1. The molecule has 0 bridgehead atoms. The summed E-state index contributed by atoms with van der Waals surface area (Å²) < 4.78 is 33.6. The molecular formula is C24H13Cl3F2N2O2S. The number of hydrogen-bond donors (Lipinski definition) is 2. The van der Waals surface area contributed by atoms with Gasteiger partial charge in [-0.2, -0.15) is 0 Å². The van der Waals surface area contributed by atoms with Crippen molar-refractivity contribution in [3.05, 3.63) is 99.0 Å². The number of carbonyl (C=O) groups excluding carboxylic acids is 1. The molecule has 0 spiro atoms. The van der Waals surface area contributed by atoms with Gasteiger partial charge in [0.2, 0.25) is 0 Å². The van der Waals surface area contributed by atoms with Gasteiger partial charge < -0.3 is 10.1 Å². The van der Waals surface area contributed by atoms with Gasteiger partial charge in [-0.3, -0.25) is 10.1 Å². The Balaban J connectivity index is 1.53. The first-order chi connectivity index (χ1) is 16.2. The second-order valence-corrected chi connectivity index (χ2v) is 8.60. The summed E-state index contributed by atoms with van der Waals surface area (Å²) >= 11 is 24.1. The highest BCUT2D eigenvalue weighted by Crippen LogP contribution is 2.41. The summed E-state index contributed by atoms with van der Waals surface area (Å²) in [6.07, 6.45) is 0. The number of carbonyl (C=O) groups is 1. The Bertz CT molecular complexity index is 1410. The van der Waals surface area contributed by atoms with Crippen LogP contribution in [0.25, 0.3) is 10.8 Å². The lowest BCUT2D eigenvalue weighted by atomic mass is 10.1. The third-order valence-electron chi connectivity index (χ3n) is 4.72. The average Bonchev–Trinajstić information content (AvgIpc) is 2.77. The van der Waals surface area contributed by atoms with Crippen molar-refractivity contribution in [2.75, 3.05) is 5.32 Å². The van der Waals surface area contributed by atoms with Crippen molar-refractivity contribution in [1.82, 2.24) is 5.32 Å². The molecule has 0 aliphatic rings. The smallest absolute Gasteiger partial charge is 0.263 e. The van der Waals surface area contributed by atoms with Gasteiger partial charge in [0, 0.05) is 21.5 Å². The highest BCUT2D eigenvalue weighted by atomic mass is 35.5. The zero-order chi connectivity index (χ0) is 24.4. The maximum Gasteiger partial charge on any atom is 0.263 e. The van der Waals surface area contributed by atoms with Crippen LogP contribution in [0, 0.1) is 11.6 Å². The fraction of sp³-hybridized carbons (Fsp3) is 0. The molecule has 4 aromatic rings. The van der Waals surface area contributed by atoms with E-state index in [1.165, 1.54) is 12.1 Å². The standard InChI is InChI=1S/C24H13Cl3F2N2O2S/c25-15-8-9-20(14-5-2-1-4-13(14)15)33-22-16(26)10-12(11-17(22)27)30-24(34)31-23(32)21-18(28)6-3-7-19(21)29/h1-11H,(H2,30,31,32,34). The van der Waals surface area contributed by atoms with Gasteiger partial charge in [0.05, 0.1) is 10.0 Å². The zero-order valence-corrected chi connectivity index (χ0v) is 20.0. The monoisotopic (exact) mass is 536 g/mol. The maximum atomic E-state index is 13.8. The van der Waals surface area contributed by atoms with E-state index in [1.54, 1.807) is 12.1 Å². The van der Waals surface area contributed by atoms with E-state index in [1.807, 2.05) is 24.3 Å². The van der Waals surface area contributed by atoms with E-state index in [0.717, 1.165) is 29.0 Å². The Morgan fingerprint density at radius 1 is 0.824 bits per heavy atom. The molecule has 0 fully saturated rings. The number of fused-ring (bicyclic) bond motifs is 1. The minimum Gasteiger partial charge on any atom is -0.454 e. The van der Waals surface area contributed by atoms with Crippen molar-refractivity contribution in [3.8, 4) is 11.5 Å². The van der Waals surface area contributed by atoms with Crippen LogP contribution >= 0.6 is 47.0 Å². The molecule has 0 aromatic heterocycles. The third-order valence-corrected chi connectivity index (χ3v) is 5.81. The molecule has 4 aromatic carbocycles. The summed E-state index contributed by atoms with van der Waals surface area (Å²) in [5.41, 5.74) is -0.427. The number of benzene rings is 4. The van der Waals surface area contributed by atoms with Crippen LogP contribution < -0.4 is 15.4 Å². The van der Waals surface area contributed by atoms with E-state index in [2.05, 4.69) is 10.6 Å². The molecule has 0 aliphatic heterocycles. The van der Waals surface area contributed by atoms with Gasteiger partial charge in [0.15, 0.2) is 10.9 Å². The fourth-order valence-corrected chi connectivity index (χ4v) is 4.21. The Hall–Kier alpha value is -2.97. The van der Waals surface area contributed by atoms with E-state index in [-0.39, 0.29) is 20.9 Å². The Morgan fingerprint density at radius 2 is 1.44 bits per heavy atom. The first-order valence-corrected chi connectivity index (χ1v) is 11.2. The van der Waals surface area contributed by atoms with Gasteiger partial charge >= 0.3 is 0 Å². The molecule has 4 rings (SSSR count). The van der Waals surface area contributed by atoms with Crippen LogP contribution in [0.1, 0.15) is 10.4 Å². The number of thiocarbonyl (C=S) groups is 1. The fourth-order valence-electron chi connectivity index (χ4n) is 3.21. The summed E-state index contributed by atoms with van der Waals surface area (Å²) in [6.45, 7) is 0. The molecule has 34 heavy (non-hydrogen) atoms. The highest BCUT2D eigenvalue weighted by Gasteiger charge is 2.19. The molecule has 0 atom stereocenters. The number of hydrogen-bond acceptors (Lipinski definition) is 3. The molecule has 0 saturated heterocycles. The lowest BCUT2D eigenvalue weighted by molar-refractivity contribution is 0.0969. The van der Waals surface area contributed by atoms with E-state index in [0.29, 0.717) is 16.5 Å². The van der Waals surface area contributed by atoms with Crippen LogP contribution in [-0.2, 0) is 0 Å². The summed E-state index contributed by atoms with van der Waals surface area (Å²) in [7, 11) is 0. The molecule has 172 valence electrons. The van der Waals surface area contributed by atoms with Crippen LogP contribution in [-0.4, -0.2) is 11.0 Å². The minimum atomic E-state index is -1.04. The molecule has 1 amide bonds. The van der Waals surface area contributed by atoms with E-state index < -0.39 is 23.1 Å². The largest absolute Gasteiger partial charge is 0.454 e. The van der Waals surface area contributed by atoms with Gasteiger partial charge in [-0.1, -0.05) is 65.1 Å². The molecule has 0 heterocycles. The van der Waals surface area contributed by atoms with E-state index >= 15 is 0 Å². The molecular weight excluding hydrogens is 525 g/mol. The van der Waals surface area contributed by atoms with Gasteiger partial charge in [-0.15, -0.1) is 0 Å². The summed E-state index contributed by atoms with van der Waals surface area (Å²) in [4.78, 5) is 12.2. The van der Waals surface area contributed by atoms with Crippen molar-refractivity contribution in [1.29, 1.82) is 0 Å². The lowest BCUT2D eigenvalue weighted by Gasteiger charge is -2.15. The Kier molecular flexibility index (Phi) is 7.19. The predicted molar refractivity (Wildman–Crippen MR) is 136 cm³/mol. The molecule has 10 heteroatoms. The zero-order valence-electron chi connectivity index (χ0n) is 17.0. The molecule has 0 aliphatic carbocycles. The van der Waals surface area contributed by atoms with E-state index in [4.69, 9.17) is 51.8 Å². The quantitative estimate of drug-likeness (QED) is 0.259. The van der Waals surface area contributed by atoms with Gasteiger partial charge in [-0.25, -0.2) is 8.78 Å². The lowest BCUT2D eigenvalue weighted by Crippen LogP contribution is -2.35. The summed E-state index contributed by atoms with van der Waals surface area (Å²) in [6, 6.07) is 16.9. The van der Waals surface area contributed by atoms with Gasteiger partial charge in [-0.05, 0) is 48.6 Å². The molecule has 0 saturated carbocycles. The van der Waals surface area contributed by atoms with Crippen molar-refractivity contribution < 1.29 is 18.3 Å². The highest BCUT2D eigenvalue weighted by molar-refractivity contribution is 7.80. The third kappa shape index (κ3) is 5.08. The minimum absolute atomic E-state index is 0.156. The van der Waals surface area contributed by atoms with Crippen molar-refractivity contribution >= 4 is 74.5 Å². The number of rotatable bonds is 4. The molecule has 4 nitrogen and oxygen atoms in total. The first kappa shape index (κ1) is 24.2. The number of halogens is 5. The number of ether oxygens (including phenoxy) is 1. The van der Waals surface area contributed by atoms with Gasteiger partial charge in [0.25, 0.3) is 5.91 Å². The van der Waals surface area contributed by atoms with Crippen LogP contribution in [0.4, 0.5) is 14.5 Å².